The smallest absolute Gasteiger partial charge is 0.257 e. The number of rotatable bonds is 7. The van der Waals surface area contributed by atoms with Crippen molar-refractivity contribution in [3.8, 4) is 5.75 Å². The van der Waals surface area contributed by atoms with Crippen LogP contribution in [0.15, 0.2) is 36.4 Å². The van der Waals surface area contributed by atoms with E-state index in [1.54, 1.807) is 14.2 Å². The van der Waals surface area contributed by atoms with Crippen molar-refractivity contribution in [3.63, 3.8) is 0 Å². The van der Waals surface area contributed by atoms with Crippen LogP contribution in [0.3, 0.4) is 0 Å². The van der Waals surface area contributed by atoms with Crippen molar-refractivity contribution in [1.82, 2.24) is 4.98 Å². The SMILES string of the molecule is COCCN(C)c1ccc(OC)c2nc(NC(=O)c3ccc(F)cc3)sc12. The van der Waals surface area contributed by atoms with Gasteiger partial charge in [-0.15, -0.1) is 0 Å². The molecule has 2 aromatic carbocycles. The highest BCUT2D eigenvalue weighted by atomic mass is 32.1. The van der Waals surface area contributed by atoms with E-state index in [2.05, 4.69) is 15.2 Å². The highest BCUT2D eigenvalue weighted by Crippen LogP contribution is 2.39. The maximum Gasteiger partial charge on any atom is 0.257 e. The van der Waals surface area contributed by atoms with Gasteiger partial charge in [0.15, 0.2) is 5.13 Å². The molecule has 0 bridgehead atoms. The van der Waals surface area contributed by atoms with Crippen LogP contribution in [0.4, 0.5) is 15.2 Å². The fourth-order valence-electron chi connectivity index (χ4n) is 2.61. The average molecular weight is 389 g/mol. The zero-order chi connectivity index (χ0) is 19.4. The molecule has 27 heavy (non-hydrogen) atoms. The van der Waals surface area contributed by atoms with Gasteiger partial charge in [0.25, 0.3) is 5.91 Å². The van der Waals surface area contributed by atoms with Gasteiger partial charge in [-0.3, -0.25) is 10.1 Å². The maximum absolute atomic E-state index is 13.0. The number of ether oxygens (including phenoxy) is 2. The molecule has 1 heterocycles. The Morgan fingerprint density at radius 3 is 2.63 bits per heavy atom. The first-order chi connectivity index (χ1) is 13.0. The van der Waals surface area contributed by atoms with Gasteiger partial charge in [0, 0.05) is 26.3 Å². The molecular weight excluding hydrogens is 369 g/mol. The number of anilines is 2. The molecule has 142 valence electrons. The molecule has 0 aliphatic carbocycles. The van der Waals surface area contributed by atoms with Gasteiger partial charge in [-0.25, -0.2) is 9.37 Å². The summed E-state index contributed by atoms with van der Waals surface area (Å²) in [6, 6.07) is 9.18. The number of aromatic nitrogens is 1. The molecular formula is C19H20FN3O3S. The van der Waals surface area contributed by atoms with Crippen molar-refractivity contribution in [3.05, 3.63) is 47.8 Å². The molecule has 0 aliphatic heterocycles. The zero-order valence-corrected chi connectivity index (χ0v) is 16.1. The molecule has 3 aromatic rings. The van der Waals surface area contributed by atoms with E-state index >= 15 is 0 Å². The molecule has 0 saturated heterocycles. The third-order valence-electron chi connectivity index (χ3n) is 4.07. The number of hydrogen-bond donors (Lipinski definition) is 1. The Hall–Kier alpha value is -2.71. The van der Waals surface area contributed by atoms with Crippen LogP contribution >= 0.6 is 11.3 Å². The molecule has 1 aromatic heterocycles. The van der Waals surface area contributed by atoms with Gasteiger partial charge in [0.2, 0.25) is 0 Å². The maximum atomic E-state index is 13.0. The van der Waals surface area contributed by atoms with Crippen LogP contribution in [0.1, 0.15) is 10.4 Å². The summed E-state index contributed by atoms with van der Waals surface area (Å²) in [5, 5.41) is 3.22. The Balaban J connectivity index is 1.92. The second-order valence-corrected chi connectivity index (χ2v) is 6.86. The van der Waals surface area contributed by atoms with Crippen molar-refractivity contribution in [1.29, 1.82) is 0 Å². The molecule has 0 radical (unpaired) electrons. The van der Waals surface area contributed by atoms with Crippen molar-refractivity contribution >= 4 is 38.3 Å². The molecule has 8 heteroatoms. The largest absolute Gasteiger partial charge is 0.494 e. The summed E-state index contributed by atoms with van der Waals surface area (Å²) in [7, 11) is 5.21. The van der Waals surface area contributed by atoms with Gasteiger partial charge < -0.3 is 14.4 Å². The standard InChI is InChI=1S/C19H20FN3O3S/c1-23(10-11-25-2)14-8-9-15(26-3)16-17(14)27-19(21-16)22-18(24)12-4-6-13(20)7-5-12/h4-9H,10-11H2,1-3H3,(H,21,22,24). The minimum atomic E-state index is -0.389. The molecule has 0 atom stereocenters. The molecule has 0 saturated carbocycles. The highest BCUT2D eigenvalue weighted by Gasteiger charge is 2.17. The zero-order valence-electron chi connectivity index (χ0n) is 15.3. The van der Waals surface area contributed by atoms with Gasteiger partial charge in [0.05, 0.1) is 24.1 Å². The summed E-state index contributed by atoms with van der Waals surface area (Å²) in [5.41, 5.74) is 2.02. The third-order valence-corrected chi connectivity index (χ3v) is 5.07. The van der Waals surface area contributed by atoms with E-state index < -0.39 is 0 Å². The minimum absolute atomic E-state index is 0.345. The van der Waals surface area contributed by atoms with Gasteiger partial charge in [-0.05, 0) is 36.4 Å². The molecule has 6 nitrogen and oxygen atoms in total. The lowest BCUT2D eigenvalue weighted by Crippen LogP contribution is -2.22. The first-order valence-corrected chi connectivity index (χ1v) is 9.09. The predicted octanol–water partition coefficient (Wildman–Crippen LogP) is 3.78. The fourth-order valence-corrected chi connectivity index (χ4v) is 3.65. The fraction of sp³-hybridized carbons (Fsp3) is 0.263. The Labute approximate surface area is 160 Å². The van der Waals surface area contributed by atoms with E-state index in [1.165, 1.54) is 35.6 Å². The molecule has 0 aliphatic rings. The lowest BCUT2D eigenvalue weighted by atomic mass is 10.2. The van der Waals surface area contributed by atoms with Crippen molar-refractivity contribution in [2.45, 2.75) is 0 Å². The number of nitrogens with one attached hydrogen (secondary N) is 1. The van der Waals surface area contributed by atoms with E-state index in [-0.39, 0.29) is 11.7 Å². The molecule has 1 N–H and O–H groups in total. The summed E-state index contributed by atoms with van der Waals surface area (Å²) in [4.78, 5) is 19.0. The van der Waals surface area contributed by atoms with Gasteiger partial charge in [-0.1, -0.05) is 11.3 Å². The van der Waals surface area contributed by atoms with Crippen molar-refractivity contribution in [2.24, 2.45) is 0 Å². The number of carbonyl (C=O) groups excluding carboxylic acids is 1. The summed E-state index contributed by atoms with van der Waals surface area (Å²) in [6.45, 7) is 1.31. The Morgan fingerprint density at radius 2 is 1.96 bits per heavy atom. The van der Waals surface area contributed by atoms with E-state index in [1.807, 2.05) is 19.2 Å². The highest BCUT2D eigenvalue weighted by molar-refractivity contribution is 7.23. The van der Waals surface area contributed by atoms with Crippen LogP contribution in [0.2, 0.25) is 0 Å². The van der Waals surface area contributed by atoms with E-state index in [9.17, 15) is 9.18 Å². The van der Waals surface area contributed by atoms with E-state index in [0.29, 0.717) is 35.1 Å². The van der Waals surface area contributed by atoms with Crippen molar-refractivity contribution in [2.75, 3.05) is 44.6 Å². The lowest BCUT2D eigenvalue weighted by Gasteiger charge is -2.19. The van der Waals surface area contributed by atoms with Crippen LogP contribution in [0.25, 0.3) is 10.2 Å². The van der Waals surface area contributed by atoms with Gasteiger partial charge >= 0.3 is 0 Å². The van der Waals surface area contributed by atoms with Crippen LogP contribution < -0.4 is 15.0 Å². The summed E-state index contributed by atoms with van der Waals surface area (Å²) in [5.74, 6) is -0.102. The van der Waals surface area contributed by atoms with Crippen LogP contribution in [-0.2, 0) is 4.74 Å². The summed E-state index contributed by atoms with van der Waals surface area (Å²) >= 11 is 1.36. The number of amides is 1. The van der Waals surface area contributed by atoms with E-state index in [0.717, 1.165) is 10.4 Å². The number of benzene rings is 2. The first-order valence-electron chi connectivity index (χ1n) is 8.28. The lowest BCUT2D eigenvalue weighted by molar-refractivity contribution is 0.102. The Morgan fingerprint density at radius 1 is 1.22 bits per heavy atom. The van der Waals surface area contributed by atoms with Crippen LogP contribution in [-0.4, -0.2) is 45.3 Å². The number of halogens is 1. The first kappa shape index (κ1) is 19.1. The van der Waals surface area contributed by atoms with Crippen molar-refractivity contribution < 1.29 is 18.7 Å². The Kier molecular flexibility index (Phi) is 5.88. The second-order valence-electron chi connectivity index (χ2n) is 5.86. The predicted molar refractivity (Wildman–Crippen MR) is 106 cm³/mol. The monoisotopic (exact) mass is 389 g/mol. The van der Waals surface area contributed by atoms with Crippen LogP contribution in [0, 0.1) is 5.82 Å². The quantitative estimate of drug-likeness (QED) is 0.666. The average Bonchev–Trinajstić information content (AvgIpc) is 3.09. The summed E-state index contributed by atoms with van der Waals surface area (Å²) in [6.07, 6.45) is 0. The van der Waals surface area contributed by atoms with E-state index in [4.69, 9.17) is 9.47 Å². The minimum Gasteiger partial charge on any atom is -0.494 e. The van der Waals surface area contributed by atoms with Crippen LogP contribution in [0.5, 0.6) is 5.75 Å². The number of thiazole rings is 1. The normalized spacial score (nSPS) is 10.8. The number of carbonyl (C=O) groups is 1. The number of nitrogens with zero attached hydrogens (tertiary/aromatic N) is 2. The number of methoxy groups -OCH3 is 2. The second kappa shape index (κ2) is 8.32. The Bertz CT molecular complexity index is 943. The molecule has 0 unspecified atom stereocenters. The number of hydrogen-bond acceptors (Lipinski definition) is 6. The van der Waals surface area contributed by atoms with Gasteiger partial charge in [-0.2, -0.15) is 0 Å². The summed E-state index contributed by atoms with van der Waals surface area (Å²) < 4.78 is 24.5. The molecule has 0 fully saturated rings. The molecule has 0 spiro atoms. The molecule has 1 amide bonds. The molecule has 3 rings (SSSR count). The number of likely N-dealkylation sites (N-methyl/N-ethyl adjacent to an activating group) is 1. The third kappa shape index (κ3) is 4.17. The van der Waals surface area contributed by atoms with Gasteiger partial charge in [0.1, 0.15) is 17.1 Å². The topological polar surface area (TPSA) is 63.7 Å². The number of fused-ring (bicyclic) bond motifs is 1.